The molecule has 1 unspecified atom stereocenters. The van der Waals surface area contributed by atoms with Gasteiger partial charge in [-0.1, -0.05) is 35.9 Å². The van der Waals surface area contributed by atoms with Crippen molar-refractivity contribution in [2.45, 2.75) is 12.6 Å². The van der Waals surface area contributed by atoms with Crippen LogP contribution in [0.3, 0.4) is 0 Å². The minimum atomic E-state index is 0.0269. The fourth-order valence-corrected chi connectivity index (χ4v) is 2.56. The minimum absolute atomic E-state index is 0.0269. The third-order valence-corrected chi connectivity index (χ3v) is 4.39. The maximum absolute atomic E-state index is 6.12. The van der Waals surface area contributed by atoms with Gasteiger partial charge in [-0.15, -0.1) is 0 Å². The molecule has 0 saturated carbocycles. The molecule has 0 bridgehead atoms. The molecule has 0 spiro atoms. The quantitative estimate of drug-likeness (QED) is 0.795. The summed E-state index contributed by atoms with van der Waals surface area (Å²) in [6.45, 7) is 1.08. The van der Waals surface area contributed by atoms with Crippen molar-refractivity contribution in [3.05, 3.63) is 63.1 Å². The van der Waals surface area contributed by atoms with E-state index in [9.17, 15) is 0 Å². The van der Waals surface area contributed by atoms with E-state index in [1.165, 1.54) is 0 Å². The van der Waals surface area contributed by atoms with E-state index in [1.54, 1.807) is 7.11 Å². The third kappa shape index (κ3) is 4.45. The van der Waals surface area contributed by atoms with E-state index in [0.29, 0.717) is 18.2 Å². The molecule has 0 fully saturated rings. The van der Waals surface area contributed by atoms with Gasteiger partial charge in [0.15, 0.2) is 0 Å². The maximum Gasteiger partial charge on any atom is 0.0713 e. The molecule has 2 rings (SSSR count). The number of halogens is 2. The van der Waals surface area contributed by atoms with Crippen LogP contribution >= 0.6 is 27.5 Å². The fraction of sp³-hybridized carbons (Fsp3) is 0.250. The van der Waals surface area contributed by atoms with Gasteiger partial charge in [-0.3, -0.25) is 0 Å². The SMILES string of the molecule is COCc1cccc(C(CN)Nc2ccc(Br)c(Cl)c2)c1. The van der Waals surface area contributed by atoms with Gasteiger partial charge in [0.2, 0.25) is 0 Å². The average molecular weight is 370 g/mol. The molecule has 5 heteroatoms. The first kappa shape index (κ1) is 16.3. The van der Waals surface area contributed by atoms with Gasteiger partial charge in [0.25, 0.3) is 0 Å². The Labute approximate surface area is 138 Å². The summed E-state index contributed by atoms with van der Waals surface area (Å²) in [6, 6.07) is 14.0. The summed E-state index contributed by atoms with van der Waals surface area (Å²) in [4.78, 5) is 0. The van der Waals surface area contributed by atoms with E-state index < -0.39 is 0 Å². The Morgan fingerprint density at radius 1 is 1.29 bits per heavy atom. The van der Waals surface area contributed by atoms with Crippen LogP contribution in [-0.2, 0) is 11.3 Å². The van der Waals surface area contributed by atoms with Gasteiger partial charge in [-0.05, 0) is 45.3 Å². The van der Waals surface area contributed by atoms with Gasteiger partial charge in [0, 0.05) is 23.8 Å². The number of nitrogens with two attached hydrogens (primary N) is 1. The Kier molecular flexibility index (Phi) is 6.06. The van der Waals surface area contributed by atoms with Crippen LogP contribution in [0.15, 0.2) is 46.9 Å². The first-order valence-corrected chi connectivity index (χ1v) is 7.80. The normalized spacial score (nSPS) is 12.2. The van der Waals surface area contributed by atoms with E-state index >= 15 is 0 Å². The van der Waals surface area contributed by atoms with Gasteiger partial charge in [-0.25, -0.2) is 0 Å². The second-order valence-corrected chi connectivity index (χ2v) is 6.00. The Balaban J connectivity index is 2.19. The Morgan fingerprint density at radius 2 is 2.10 bits per heavy atom. The molecule has 0 saturated heterocycles. The molecule has 0 aliphatic carbocycles. The molecule has 0 aromatic heterocycles. The predicted molar refractivity (Wildman–Crippen MR) is 91.7 cm³/mol. The van der Waals surface area contributed by atoms with Crippen LogP contribution in [-0.4, -0.2) is 13.7 Å². The number of rotatable bonds is 6. The zero-order valence-electron chi connectivity index (χ0n) is 11.8. The lowest BCUT2D eigenvalue weighted by molar-refractivity contribution is 0.185. The number of hydrogen-bond donors (Lipinski definition) is 2. The van der Waals surface area contributed by atoms with Crippen molar-refractivity contribution in [1.29, 1.82) is 0 Å². The van der Waals surface area contributed by atoms with Crippen LogP contribution in [0.4, 0.5) is 5.69 Å². The molecule has 2 aromatic carbocycles. The topological polar surface area (TPSA) is 47.3 Å². The molecule has 3 nitrogen and oxygen atoms in total. The monoisotopic (exact) mass is 368 g/mol. The van der Waals surface area contributed by atoms with E-state index in [0.717, 1.165) is 21.3 Å². The fourth-order valence-electron chi connectivity index (χ4n) is 2.13. The van der Waals surface area contributed by atoms with Crippen molar-refractivity contribution in [3.8, 4) is 0 Å². The molecular weight excluding hydrogens is 352 g/mol. The van der Waals surface area contributed by atoms with E-state index in [2.05, 4.69) is 33.4 Å². The highest BCUT2D eigenvalue weighted by molar-refractivity contribution is 9.10. The van der Waals surface area contributed by atoms with Crippen molar-refractivity contribution in [1.82, 2.24) is 0 Å². The van der Waals surface area contributed by atoms with E-state index in [1.807, 2.05) is 30.3 Å². The van der Waals surface area contributed by atoms with Crippen LogP contribution < -0.4 is 11.1 Å². The summed E-state index contributed by atoms with van der Waals surface area (Å²) in [7, 11) is 1.69. The highest BCUT2D eigenvalue weighted by Crippen LogP contribution is 2.27. The molecule has 1 atom stereocenters. The molecule has 0 aliphatic rings. The molecule has 0 aliphatic heterocycles. The zero-order chi connectivity index (χ0) is 15.2. The van der Waals surface area contributed by atoms with Crippen LogP contribution in [0.1, 0.15) is 17.2 Å². The number of benzene rings is 2. The molecular formula is C16H18BrClN2O. The summed E-state index contributed by atoms with van der Waals surface area (Å²) in [5.74, 6) is 0. The molecule has 2 aromatic rings. The number of nitrogens with one attached hydrogen (secondary N) is 1. The van der Waals surface area contributed by atoms with Gasteiger partial charge < -0.3 is 15.8 Å². The molecule has 112 valence electrons. The van der Waals surface area contributed by atoms with Crippen molar-refractivity contribution in [2.75, 3.05) is 19.0 Å². The van der Waals surface area contributed by atoms with Gasteiger partial charge in [0.1, 0.15) is 0 Å². The van der Waals surface area contributed by atoms with Crippen LogP contribution in [0.25, 0.3) is 0 Å². The number of anilines is 1. The zero-order valence-corrected chi connectivity index (χ0v) is 14.1. The highest BCUT2D eigenvalue weighted by atomic mass is 79.9. The van der Waals surface area contributed by atoms with Gasteiger partial charge in [0.05, 0.1) is 17.7 Å². The number of ether oxygens (including phenoxy) is 1. The maximum atomic E-state index is 6.12. The number of methoxy groups -OCH3 is 1. The Morgan fingerprint density at radius 3 is 2.76 bits per heavy atom. The van der Waals surface area contributed by atoms with E-state index in [4.69, 9.17) is 22.1 Å². The van der Waals surface area contributed by atoms with Gasteiger partial charge >= 0.3 is 0 Å². The lowest BCUT2D eigenvalue weighted by Crippen LogP contribution is -2.20. The Bertz CT molecular complexity index is 607. The van der Waals surface area contributed by atoms with Crippen LogP contribution in [0, 0.1) is 0 Å². The summed E-state index contributed by atoms with van der Waals surface area (Å²) < 4.78 is 6.05. The number of hydrogen-bond acceptors (Lipinski definition) is 3. The second kappa shape index (κ2) is 7.80. The smallest absolute Gasteiger partial charge is 0.0713 e. The van der Waals surface area contributed by atoms with Crippen LogP contribution in [0.5, 0.6) is 0 Å². The minimum Gasteiger partial charge on any atom is -0.380 e. The lowest BCUT2D eigenvalue weighted by Gasteiger charge is -2.19. The summed E-state index contributed by atoms with van der Waals surface area (Å²) in [5, 5.41) is 4.08. The van der Waals surface area contributed by atoms with Crippen molar-refractivity contribution >= 4 is 33.2 Å². The molecule has 0 amide bonds. The highest BCUT2D eigenvalue weighted by Gasteiger charge is 2.11. The van der Waals surface area contributed by atoms with Crippen LogP contribution in [0.2, 0.25) is 5.02 Å². The van der Waals surface area contributed by atoms with Gasteiger partial charge in [-0.2, -0.15) is 0 Å². The Hall–Kier alpha value is -1.07. The molecule has 0 heterocycles. The van der Waals surface area contributed by atoms with Crippen molar-refractivity contribution in [2.24, 2.45) is 5.73 Å². The summed E-state index contributed by atoms with van der Waals surface area (Å²) in [5.41, 5.74) is 9.11. The van der Waals surface area contributed by atoms with Crippen molar-refractivity contribution in [3.63, 3.8) is 0 Å². The molecule has 0 radical (unpaired) electrons. The standard InChI is InChI=1S/C16H18BrClN2O/c1-21-10-11-3-2-4-12(7-11)16(9-19)20-13-5-6-14(17)15(18)8-13/h2-8,16,20H,9-10,19H2,1H3. The van der Waals surface area contributed by atoms with Crippen molar-refractivity contribution < 1.29 is 4.74 Å². The third-order valence-electron chi connectivity index (χ3n) is 3.16. The first-order chi connectivity index (χ1) is 10.1. The first-order valence-electron chi connectivity index (χ1n) is 6.63. The molecule has 21 heavy (non-hydrogen) atoms. The molecule has 3 N–H and O–H groups in total. The average Bonchev–Trinajstić information content (AvgIpc) is 2.49. The largest absolute Gasteiger partial charge is 0.380 e. The lowest BCUT2D eigenvalue weighted by atomic mass is 10.0. The van der Waals surface area contributed by atoms with E-state index in [-0.39, 0.29) is 6.04 Å². The summed E-state index contributed by atoms with van der Waals surface area (Å²) >= 11 is 9.50. The predicted octanol–water partition coefficient (Wildman–Crippen LogP) is 4.36. The summed E-state index contributed by atoms with van der Waals surface area (Å²) in [6.07, 6.45) is 0. The second-order valence-electron chi connectivity index (χ2n) is 4.74.